The van der Waals surface area contributed by atoms with E-state index in [9.17, 15) is 14.3 Å². The summed E-state index contributed by atoms with van der Waals surface area (Å²) in [4.78, 5) is 25.5. The van der Waals surface area contributed by atoms with Crippen molar-refractivity contribution in [1.82, 2.24) is 4.90 Å². The summed E-state index contributed by atoms with van der Waals surface area (Å²) < 4.78 is 14.6. The van der Waals surface area contributed by atoms with Crippen LogP contribution in [-0.4, -0.2) is 30.4 Å². The van der Waals surface area contributed by atoms with Crippen LogP contribution in [0.5, 0.6) is 0 Å². The Morgan fingerprint density at radius 2 is 2.31 bits per heavy atom. The summed E-state index contributed by atoms with van der Waals surface area (Å²) in [5, 5.41) is 0. The molecule has 0 bridgehead atoms. The van der Waals surface area contributed by atoms with E-state index >= 15 is 0 Å². The maximum absolute atomic E-state index is 10.6. The fourth-order valence-corrected chi connectivity index (χ4v) is 1.11. The first kappa shape index (κ1) is 13.1. The topological polar surface area (TPSA) is 108 Å². The van der Waals surface area contributed by atoms with Crippen LogP contribution in [-0.2, 0) is 13.9 Å². The van der Waals surface area contributed by atoms with Crippen LogP contribution in [0.4, 0.5) is 0 Å². The minimum absolute atomic E-state index is 0. The molecule has 0 spiro atoms. The Labute approximate surface area is 96.8 Å². The van der Waals surface area contributed by atoms with Gasteiger partial charge in [-0.05, 0) is 0 Å². The largest absolute Gasteiger partial charge is 1.00 e. The molecule has 68 valence electrons. The number of amidine groups is 1. The minimum atomic E-state index is -4.35. The predicted octanol–water partition coefficient (Wildman–Crippen LogP) is -4.74. The second-order valence-corrected chi connectivity index (χ2v) is 3.54. The number of carbonyl (C=O) groups is 1. The molecule has 0 saturated carbocycles. The van der Waals surface area contributed by atoms with E-state index in [1.165, 1.54) is 11.9 Å². The fraction of sp³-hybridized carbons (Fsp3) is 0.500. The number of hydrogen-bond acceptors (Lipinski definition) is 5. The normalized spacial score (nSPS) is 20.4. The maximum Gasteiger partial charge on any atom is 1.00 e. The van der Waals surface area contributed by atoms with Gasteiger partial charge in [0.05, 0.1) is 0 Å². The molecule has 0 radical (unpaired) electrons. The Morgan fingerprint density at radius 1 is 1.77 bits per heavy atom. The molecule has 1 rings (SSSR count). The molecule has 0 aliphatic carbocycles. The molecular weight excluding hydrogens is 208 g/mol. The molecule has 1 amide bonds. The number of hydrogen-bond donors (Lipinski definition) is 1. The third kappa shape index (κ3) is 4.21. The van der Waals surface area contributed by atoms with Gasteiger partial charge in [-0.25, -0.2) is 0 Å². The average Bonchev–Trinajstić information content (AvgIpc) is 2.06. The van der Waals surface area contributed by atoms with Crippen LogP contribution in [0.3, 0.4) is 0 Å². The smallest absolute Gasteiger partial charge is 0.756 e. The van der Waals surface area contributed by atoms with E-state index in [0.29, 0.717) is 0 Å². The molecular formula is C4H7N3NaO4P. The fourth-order valence-electron chi connectivity index (χ4n) is 0.702. The zero-order chi connectivity index (χ0) is 9.35. The molecule has 0 aromatic carbocycles. The van der Waals surface area contributed by atoms with Gasteiger partial charge in [-0.1, -0.05) is 0 Å². The third-order valence-electron chi connectivity index (χ3n) is 1.13. The number of amides is 1. The minimum Gasteiger partial charge on any atom is -0.756 e. The van der Waals surface area contributed by atoms with E-state index in [0.717, 1.165) is 0 Å². The number of nitrogens with two attached hydrogens (primary N) is 1. The van der Waals surface area contributed by atoms with E-state index in [1.807, 2.05) is 0 Å². The number of rotatable bonds is 1. The van der Waals surface area contributed by atoms with Crippen LogP contribution >= 0.6 is 7.75 Å². The summed E-state index contributed by atoms with van der Waals surface area (Å²) in [5.41, 5.74) is 4.58. The predicted molar refractivity (Wildman–Crippen MR) is 38.0 cm³/mol. The van der Waals surface area contributed by atoms with Crippen molar-refractivity contribution in [1.29, 1.82) is 0 Å². The van der Waals surface area contributed by atoms with Crippen molar-refractivity contribution in [3.63, 3.8) is 0 Å². The van der Waals surface area contributed by atoms with E-state index in [1.54, 1.807) is 0 Å². The molecule has 13 heavy (non-hydrogen) atoms. The summed E-state index contributed by atoms with van der Waals surface area (Å²) in [7, 11) is -2.88. The molecule has 1 aliphatic rings. The number of nitrogens with zero attached hydrogens (tertiary/aromatic N) is 2. The summed E-state index contributed by atoms with van der Waals surface area (Å²) in [6, 6.07) is -0.277. The number of aliphatic imine (C=N–C) groups is 1. The van der Waals surface area contributed by atoms with E-state index in [-0.39, 0.29) is 42.1 Å². The first-order chi connectivity index (χ1) is 5.38. The standard InChI is InChI=1S/C4H8N3O4P.Na/c1-7-2-3(8)6-4(7)11-12(5,9)10;/h2H2,1H3,(H3,5,9,10);/q;+1/p-1. The van der Waals surface area contributed by atoms with Crippen molar-refractivity contribution < 1.29 is 48.3 Å². The molecule has 1 unspecified atom stereocenters. The average molecular weight is 215 g/mol. The molecule has 1 heterocycles. The summed E-state index contributed by atoms with van der Waals surface area (Å²) in [5.74, 6) is -0.457. The molecule has 0 aromatic rings. The molecule has 0 saturated heterocycles. The van der Waals surface area contributed by atoms with Gasteiger partial charge >= 0.3 is 35.6 Å². The quantitative estimate of drug-likeness (QED) is 0.347. The maximum atomic E-state index is 10.6. The molecule has 0 fully saturated rings. The zero-order valence-electron chi connectivity index (χ0n) is 7.26. The Bertz CT molecular complexity index is 287. The Kier molecular flexibility index (Phi) is 4.58. The van der Waals surface area contributed by atoms with Gasteiger partial charge in [-0.3, -0.25) is 14.9 Å². The van der Waals surface area contributed by atoms with E-state index in [2.05, 4.69) is 15.0 Å². The van der Waals surface area contributed by atoms with Crippen LogP contribution in [0, 0.1) is 0 Å². The van der Waals surface area contributed by atoms with E-state index < -0.39 is 13.7 Å². The van der Waals surface area contributed by atoms with Crippen molar-refractivity contribution >= 4 is 19.7 Å². The van der Waals surface area contributed by atoms with Crippen molar-refractivity contribution in [2.45, 2.75) is 0 Å². The molecule has 2 N–H and O–H groups in total. The monoisotopic (exact) mass is 215 g/mol. The Hall–Kier alpha value is 0.0900. The first-order valence-corrected chi connectivity index (χ1v) is 4.61. The Morgan fingerprint density at radius 3 is 2.62 bits per heavy atom. The zero-order valence-corrected chi connectivity index (χ0v) is 10.2. The van der Waals surface area contributed by atoms with Crippen LogP contribution in [0.15, 0.2) is 4.99 Å². The number of likely N-dealkylation sites (N-methyl/N-ethyl adjacent to an activating group) is 1. The Balaban J connectivity index is 0.00000144. The molecule has 1 aliphatic heterocycles. The molecule has 7 nitrogen and oxygen atoms in total. The summed E-state index contributed by atoms with van der Waals surface area (Å²) in [6.07, 6.45) is 0. The van der Waals surface area contributed by atoms with Gasteiger partial charge in [0.2, 0.25) is 0 Å². The van der Waals surface area contributed by atoms with Gasteiger partial charge in [-0.2, -0.15) is 4.99 Å². The van der Waals surface area contributed by atoms with Gasteiger partial charge < -0.3 is 14.3 Å². The SMILES string of the molecule is CN1CC(=O)N=C1OP(N)(=O)[O-].[Na+]. The van der Waals surface area contributed by atoms with Gasteiger partial charge in [0.25, 0.3) is 13.7 Å². The number of carbonyl (C=O) groups excluding carboxylic acids is 1. The van der Waals surface area contributed by atoms with E-state index in [4.69, 9.17) is 0 Å². The summed E-state index contributed by atoms with van der Waals surface area (Å²) in [6.45, 7) is 0.00926. The first-order valence-electron chi connectivity index (χ1n) is 3.00. The van der Waals surface area contributed by atoms with Gasteiger partial charge in [-0.15, -0.1) is 0 Å². The molecule has 0 aromatic heterocycles. The van der Waals surface area contributed by atoms with Gasteiger partial charge in [0.1, 0.15) is 6.54 Å². The van der Waals surface area contributed by atoms with Crippen molar-refractivity contribution in [2.75, 3.05) is 13.6 Å². The van der Waals surface area contributed by atoms with Crippen molar-refractivity contribution in [3.05, 3.63) is 0 Å². The van der Waals surface area contributed by atoms with Crippen molar-refractivity contribution in [2.24, 2.45) is 10.5 Å². The van der Waals surface area contributed by atoms with Crippen LogP contribution in [0.1, 0.15) is 0 Å². The van der Waals surface area contributed by atoms with Crippen LogP contribution < -0.4 is 40.0 Å². The van der Waals surface area contributed by atoms with Crippen molar-refractivity contribution in [3.8, 4) is 0 Å². The third-order valence-corrected chi connectivity index (χ3v) is 1.55. The van der Waals surface area contributed by atoms with Gasteiger partial charge in [0.15, 0.2) is 0 Å². The van der Waals surface area contributed by atoms with Gasteiger partial charge in [0, 0.05) is 7.05 Å². The second-order valence-electron chi connectivity index (χ2n) is 2.28. The summed E-state index contributed by atoms with van der Waals surface area (Å²) >= 11 is 0. The van der Waals surface area contributed by atoms with Crippen LogP contribution in [0.2, 0.25) is 0 Å². The second kappa shape index (κ2) is 4.54. The molecule has 1 atom stereocenters. The van der Waals surface area contributed by atoms with Crippen LogP contribution in [0.25, 0.3) is 0 Å². The molecule has 9 heteroatoms.